The van der Waals surface area contributed by atoms with Crippen molar-refractivity contribution in [2.45, 2.75) is 13.1 Å². The van der Waals surface area contributed by atoms with Crippen LogP contribution in [0.4, 0.5) is 13.2 Å². The van der Waals surface area contributed by atoms with Crippen molar-refractivity contribution in [3.8, 4) is 11.1 Å². The highest BCUT2D eigenvalue weighted by molar-refractivity contribution is 6.02. The molecule has 29 heavy (non-hydrogen) atoms. The third-order valence-electron chi connectivity index (χ3n) is 4.00. The maximum Gasteiger partial charge on any atom is 0.416 e. The molecule has 3 nitrogen and oxygen atoms in total. The van der Waals surface area contributed by atoms with Crippen molar-refractivity contribution in [3.63, 3.8) is 0 Å². The van der Waals surface area contributed by atoms with Crippen molar-refractivity contribution in [3.05, 3.63) is 71.8 Å². The number of benzene rings is 3. The van der Waals surface area contributed by atoms with Gasteiger partial charge in [-0.1, -0.05) is 36.4 Å². The number of carbonyl (C=O) groups excluding carboxylic acids is 1. The smallest absolute Gasteiger partial charge is 0.352 e. The molecule has 0 aliphatic heterocycles. The van der Waals surface area contributed by atoms with Crippen molar-refractivity contribution >= 4 is 16.7 Å². The zero-order valence-electron chi connectivity index (χ0n) is 17.0. The largest absolute Gasteiger partial charge is 0.416 e. The summed E-state index contributed by atoms with van der Waals surface area (Å²) in [5.41, 5.74) is 1.41. The molecular weight excluding hydrogens is 377 g/mol. The molecule has 0 heterocycles. The maximum atomic E-state index is 12.7. The predicted molar refractivity (Wildman–Crippen MR) is 112 cm³/mol. The van der Waals surface area contributed by atoms with Crippen LogP contribution in [0.3, 0.4) is 0 Å². The van der Waals surface area contributed by atoms with Gasteiger partial charge in [0.15, 0.2) is 0 Å². The summed E-state index contributed by atoms with van der Waals surface area (Å²) < 4.78 is 38.2. The number of carbonyl (C=O) groups is 1. The lowest BCUT2D eigenvalue weighted by Gasteiger charge is -2.11. The van der Waals surface area contributed by atoms with Gasteiger partial charge >= 0.3 is 6.18 Å². The van der Waals surface area contributed by atoms with E-state index in [0.717, 1.165) is 28.5 Å². The van der Waals surface area contributed by atoms with Crippen LogP contribution in [0.25, 0.3) is 21.9 Å². The summed E-state index contributed by atoms with van der Waals surface area (Å²) in [6.07, 6.45) is -4.35. The number of hydrogen-bond donors (Lipinski definition) is 1. The Bertz CT molecular complexity index is 961. The van der Waals surface area contributed by atoms with Gasteiger partial charge in [0.25, 0.3) is 5.91 Å². The molecule has 0 spiro atoms. The average Bonchev–Trinajstić information content (AvgIpc) is 2.66. The minimum atomic E-state index is -4.35. The number of hydrogen-bond acceptors (Lipinski definition) is 2. The molecule has 0 fully saturated rings. The predicted octanol–water partition coefficient (Wildman–Crippen LogP) is 5.45. The van der Waals surface area contributed by atoms with Gasteiger partial charge in [0.05, 0.1) is 5.56 Å². The second-order valence-corrected chi connectivity index (χ2v) is 7.02. The quantitative estimate of drug-likeness (QED) is 0.632. The summed E-state index contributed by atoms with van der Waals surface area (Å²) in [5, 5.41) is 4.49. The standard InChI is InChI=1S/C20H16F3NO.C3H9N/c1-2-24-19(25)15-8-11-18-14(12-15)4-3-5-17(18)13-6-9-16(10-7-13)20(21,22)23;1-4(2)3/h3-12H,2H2,1H3,(H,24,25);1-3H3. The molecule has 3 aromatic rings. The van der Waals surface area contributed by atoms with Crippen LogP contribution < -0.4 is 5.32 Å². The first-order valence-corrected chi connectivity index (χ1v) is 9.23. The second-order valence-electron chi connectivity index (χ2n) is 7.02. The minimum absolute atomic E-state index is 0.149. The summed E-state index contributed by atoms with van der Waals surface area (Å²) in [6, 6.07) is 16.0. The van der Waals surface area contributed by atoms with E-state index in [4.69, 9.17) is 0 Å². The minimum Gasteiger partial charge on any atom is -0.352 e. The van der Waals surface area contributed by atoms with Crippen LogP contribution in [0.2, 0.25) is 0 Å². The number of nitrogens with zero attached hydrogens (tertiary/aromatic N) is 1. The third kappa shape index (κ3) is 6.06. The lowest BCUT2D eigenvalue weighted by atomic mass is 9.96. The highest BCUT2D eigenvalue weighted by atomic mass is 19.4. The summed E-state index contributed by atoms with van der Waals surface area (Å²) in [4.78, 5) is 14.0. The number of fused-ring (bicyclic) bond motifs is 1. The molecule has 6 heteroatoms. The van der Waals surface area contributed by atoms with Gasteiger partial charge in [-0.3, -0.25) is 4.79 Å². The van der Waals surface area contributed by atoms with Gasteiger partial charge in [-0.05, 0) is 74.2 Å². The topological polar surface area (TPSA) is 32.3 Å². The summed E-state index contributed by atoms with van der Waals surface area (Å²) >= 11 is 0. The number of rotatable bonds is 3. The molecular formula is C23H25F3N2O. The molecule has 0 aliphatic carbocycles. The van der Waals surface area contributed by atoms with Crippen molar-refractivity contribution in [1.82, 2.24) is 10.2 Å². The van der Waals surface area contributed by atoms with E-state index in [1.54, 1.807) is 12.1 Å². The van der Waals surface area contributed by atoms with E-state index in [-0.39, 0.29) is 5.91 Å². The Morgan fingerprint density at radius 2 is 1.59 bits per heavy atom. The third-order valence-corrected chi connectivity index (χ3v) is 4.00. The van der Waals surface area contributed by atoms with Gasteiger partial charge in [-0.25, -0.2) is 0 Å². The van der Waals surface area contributed by atoms with Crippen molar-refractivity contribution in [2.24, 2.45) is 0 Å². The number of amides is 1. The van der Waals surface area contributed by atoms with Crippen molar-refractivity contribution in [1.29, 1.82) is 0 Å². The monoisotopic (exact) mass is 402 g/mol. The van der Waals surface area contributed by atoms with Crippen LogP contribution in [0.5, 0.6) is 0 Å². The van der Waals surface area contributed by atoms with E-state index in [2.05, 4.69) is 5.32 Å². The Kier molecular flexibility index (Phi) is 7.40. The Balaban J connectivity index is 0.000000687. The van der Waals surface area contributed by atoms with Crippen LogP contribution in [-0.2, 0) is 6.18 Å². The first kappa shape index (κ1) is 22.4. The van der Waals surface area contributed by atoms with Crippen LogP contribution in [-0.4, -0.2) is 38.5 Å². The maximum absolute atomic E-state index is 12.7. The van der Waals surface area contributed by atoms with E-state index in [9.17, 15) is 18.0 Å². The van der Waals surface area contributed by atoms with Gasteiger partial charge < -0.3 is 10.2 Å². The normalized spacial score (nSPS) is 11.2. The molecule has 154 valence electrons. The molecule has 1 N–H and O–H groups in total. The van der Waals surface area contributed by atoms with Gasteiger partial charge in [0.2, 0.25) is 0 Å². The van der Waals surface area contributed by atoms with E-state index in [0.29, 0.717) is 17.7 Å². The van der Waals surface area contributed by atoms with Crippen LogP contribution in [0.1, 0.15) is 22.8 Å². The zero-order valence-corrected chi connectivity index (χ0v) is 17.0. The molecule has 0 atom stereocenters. The number of halogens is 3. The first-order chi connectivity index (χ1) is 13.6. The second kappa shape index (κ2) is 9.56. The van der Waals surface area contributed by atoms with Gasteiger partial charge in [-0.2, -0.15) is 13.2 Å². The summed E-state index contributed by atoms with van der Waals surface area (Å²) in [6.45, 7) is 2.39. The Morgan fingerprint density at radius 1 is 0.966 bits per heavy atom. The van der Waals surface area contributed by atoms with E-state index in [1.165, 1.54) is 12.1 Å². The zero-order chi connectivity index (χ0) is 21.6. The lowest BCUT2D eigenvalue weighted by molar-refractivity contribution is -0.137. The van der Waals surface area contributed by atoms with Crippen LogP contribution in [0.15, 0.2) is 60.7 Å². The van der Waals surface area contributed by atoms with Gasteiger partial charge in [0, 0.05) is 12.1 Å². The van der Waals surface area contributed by atoms with Gasteiger partial charge in [0.1, 0.15) is 0 Å². The molecule has 0 unspecified atom stereocenters. The molecule has 0 aliphatic rings. The Morgan fingerprint density at radius 3 is 2.14 bits per heavy atom. The van der Waals surface area contributed by atoms with Crippen molar-refractivity contribution in [2.75, 3.05) is 27.7 Å². The highest BCUT2D eigenvalue weighted by Crippen LogP contribution is 2.33. The highest BCUT2D eigenvalue weighted by Gasteiger charge is 2.30. The average molecular weight is 402 g/mol. The molecule has 0 saturated carbocycles. The molecule has 0 radical (unpaired) electrons. The molecule has 0 saturated heterocycles. The van der Waals surface area contributed by atoms with Gasteiger partial charge in [-0.15, -0.1) is 0 Å². The molecule has 0 bridgehead atoms. The Labute approximate surface area is 169 Å². The number of nitrogens with one attached hydrogen (secondary N) is 1. The Hall–Kier alpha value is -2.86. The first-order valence-electron chi connectivity index (χ1n) is 9.23. The summed E-state index contributed by atoms with van der Waals surface area (Å²) in [5.74, 6) is -0.149. The summed E-state index contributed by atoms with van der Waals surface area (Å²) in [7, 11) is 6.00. The lowest BCUT2D eigenvalue weighted by Crippen LogP contribution is -2.22. The molecule has 1 amide bonds. The molecule has 0 aromatic heterocycles. The van der Waals surface area contributed by atoms with Crippen LogP contribution >= 0.6 is 0 Å². The fraction of sp³-hybridized carbons (Fsp3) is 0.261. The molecule has 3 rings (SSSR count). The number of alkyl halides is 3. The van der Waals surface area contributed by atoms with E-state index in [1.807, 2.05) is 57.2 Å². The molecule has 3 aromatic carbocycles. The fourth-order valence-corrected chi connectivity index (χ4v) is 2.78. The van der Waals surface area contributed by atoms with E-state index < -0.39 is 11.7 Å². The SMILES string of the molecule is CCNC(=O)c1ccc2c(-c3ccc(C(F)(F)F)cc3)cccc2c1.CN(C)C. The van der Waals surface area contributed by atoms with E-state index >= 15 is 0 Å². The fourth-order valence-electron chi connectivity index (χ4n) is 2.78. The van der Waals surface area contributed by atoms with Crippen LogP contribution in [0, 0.1) is 0 Å². The van der Waals surface area contributed by atoms with Crippen molar-refractivity contribution < 1.29 is 18.0 Å².